The SMILES string of the molecule is C=C(/C=C/C=C(/COCO)[C@@H]1CC[C@]2([C@@H]1O)[C@@H](CCCO)/C(=C(/C)C=O)CC[C@]2(O)CCNC)[C@H]1C/C=C(\C)[C@@H](O)N[C@@H](C)Cc2cccc(c2)C1. The molecule has 1 aromatic rings. The van der Waals surface area contributed by atoms with Crippen LogP contribution in [0.4, 0.5) is 0 Å². The third-order valence-corrected chi connectivity index (χ3v) is 12.2. The molecule has 288 valence electrons. The molecule has 2 fully saturated rings. The summed E-state index contributed by atoms with van der Waals surface area (Å²) < 4.78 is 5.54. The van der Waals surface area contributed by atoms with Crippen molar-refractivity contribution >= 4 is 6.29 Å². The Labute approximate surface area is 311 Å². The highest BCUT2D eigenvalue weighted by molar-refractivity contribution is 5.74. The van der Waals surface area contributed by atoms with Crippen molar-refractivity contribution in [1.29, 1.82) is 0 Å². The van der Waals surface area contributed by atoms with E-state index in [9.17, 15) is 30.3 Å². The standard InChI is InChI=1S/C43H64N2O7/c1-29(35-15-14-30(2)41(50)45-32(4)23-33-10-7-11-34(24-33)25-35)9-6-12-36(27-52-28-48)38-17-19-43(40(38)49)39(13-8-22-46)37(31(3)26-47)16-18-42(43,51)20-21-44-5/h6-7,9-12,14,24,26,32,35,38-41,44-46,48-51H,1,8,13,15-23,25,27-28H2,2-5H3/b9-6+,30-14+,36-12-,37-31-/t32-,35-,38-,39-,40+,41+,42-,43+/m0/s1. The molecule has 0 unspecified atom stereocenters. The zero-order chi connectivity index (χ0) is 37.9. The zero-order valence-corrected chi connectivity index (χ0v) is 31.8. The van der Waals surface area contributed by atoms with Gasteiger partial charge in [0.15, 0.2) is 0 Å². The monoisotopic (exact) mass is 720 g/mol. The Morgan fingerprint density at radius 1 is 1.17 bits per heavy atom. The van der Waals surface area contributed by atoms with Crippen LogP contribution in [0, 0.1) is 23.2 Å². The molecule has 2 bridgehead atoms. The molecule has 1 aromatic carbocycles. The number of aliphatic hydroxyl groups is 5. The van der Waals surface area contributed by atoms with Crippen molar-refractivity contribution in [2.75, 3.05) is 33.6 Å². The first-order valence-corrected chi connectivity index (χ1v) is 19.2. The van der Waals surface area contributed by atoms with Crippen LogP contribution in [0.25, 0.3) is 0 Å². The Morgan fingerprint density at radius 3 is 2.62 bits per heavy atom. The quantitative estimate of drug-likeness (QED) is 0.0471. The molecule has 0 aromatic heterocycles. The molecule has 8 atom stereocenters. The van der Waals surface area contributed by atoms with Crippen LogP contribution in [-0.4, -0.2) is 89.4 Å². The van der Waals surface area contributed by atoms with Gasteiger partial charge < -0.3 is 35.6 Å². The topological polar surface area (TPSA) is 152 Å². The summed E-state index contributed by atoms with van der Waals surface area (Å²) in [5.74, 6) is -0.549. The molecule has 2 aliphatic carbocycles. The summed E-state index contributed by atoms with van der Waals surface area (Å²) in [6.07, 6.45) is 13.1. The van der Waals surface area contributed by atoms with Gasteiger partial charge in [0.1, 0.15) is 19.3 Å². The number of hydrogen-bond donors (Lipinski definition) is 7. The minimum atomic E-state index is -1.19. The molecule has 9 heteroatoms. The smallest absolute Gasteiger partial charge is 0.145 e. The van der Waals surface area contributed by atoms with Crippen LogP contribution in [0.1, 0.15) is 83.3 Å². The molecular weight excluding hydrogens is 656 g/mol. The van der Waals surface area contributed by atoms with Crippen LogP contribution < -0.4 is 10.6 Å². The molecule has 52 heavy (non-hydrogen) atoms. The summed E-state index contributed by atoms with van der Waals surface area (Å²) in [5.41, 5.74) is 4.55. The maximum Gasteiger partial charge on any atom is 0.145 e. The molecule has 1 aliphatic heterocycles. The maximum absolute atomic E-state index is 12.5. The number of hydrogen-bond acceptors (Lipinski definition) is 9. The number of allylic oxidation sites excluding steroid dienone is 7. The Balaban J connectivity index is 1.67. The lowest BCUT2D eigenvalue weighted by molar-refractivity contribution is -0.180. The van der Waals surface area contributed by atoms with Gasteiger partial charge in [0.05, 0.1) is 18.3 Å². The van der Waals surface area contributed by atoms with Crippen LogP contribution in [0.5, 0.6) is 0 Å². The van der Waals surface area contributed by atoms with Gasteiger partial charge in [0.2, 0.25) is 0 Å². The van der Waals surface area contributed by atoms with Gasteiger partial charge in [0.25, 0.3) is 0 Å². The van der Waals surface area contributed by atoms with Crippen LogP contribution in [0.3, 0.4) is 0 Å². The van der Waals surface area contributed by atoms with Crippen molar-refractivity contribution in [2.24, 2.45) is 23.2 Å². The number of aldehydes is 1. The predicted molar refractivity (Wildman–Crippen MR) is 206 cm³/mol. The number of fused-ring (bicyclic) bond motifs is 2. The average Bonchev–Trinajstić information content (AvgIpc) is 3.47. The van der Waals surface area contributed by atoms with Crippen molar-refractivity contribution in [1.82, 2.24) is 10.6 Å². The molecule has 0 radical (unpaired) electrons. The van der Waals surface area contributed by atoms with Crippen LogP contribution in [0.2, 0.25) is 0 Å². The van der Waals surface area contributed by atoms with Crippen LogP contribution >= 0.6 is 0 Å². The van der Waals surface area contributed by atoms with E-state index < -0.39 is 30.1 Å². The van der Waals surface area contributed by atoms with E-state index in [1.807, 2.05) is 39.1 Å². The molecule has 4 rings (SSSR count). The van der Waals surface area contributed by atoms with Crippen molar-refractivity contribution < 1.29 is 35.1 Å². The molecular formula is C43H64N2O7. The molecule has 0 amide bonds. The van der Waals surface area contributed by atoms with Gasteiger partial charge in [-0.25, -0.2) is 0 Å². The third-order valence-electron chi connectivity index (χ3n) is 12.2. The van der Waals surface area contributed by atoms with Gasteiger partial charge in [-0.3, -0.25) is 10.1 Å². The minimum Gasteiger partial charge on any atom is -0.396 e. The fourth-order valence-electron chi connectivity index (χ4n) is 9.34. The Morgan fingerprint density at radius 2 is 1.92 bits per heavy atom. The number of ether oxygens (including phenoxy) is 1. The van der Waals surface area contributed by atoms with E-state index in [1.54, 1.807) is 0 Å². The first kappa shape index (κ1) is 42.0. The van der Waals surface area contributed by atoms with Gasteiger partial charge in [-0.05, 0) is 138 Å². The van der Waals surface area contributed by atoms with E-state index in [0.717, 1.165) is 41.4 Å². The van der Waals surface area contributed by atoms with E-state index in [2.05, 4.69) is 54.5 Å². The summed E-state index contributed by atoms with van der Waals surface area (Å²) in [5, 5.41) is 61.8. The Kier molecular flexibility index (Phi) is 15.8. The van der Waals surface area contributed by atoms with E-state index in [1.165, 1.54) is 11.1 Å². The van der Waals surface area contributed by atoms with Crippen molar-refractivity contribution in [3.05, 3.63) is 94.1 Å². The normalized spacial score (nSPS) is 33.7. The number of carbonyl (C=O) groups is 1. The summed E-state index contributed by atoms with van der Waals surface area (Å²) >= 11 is 0. The Bertz CT molecular complexity index is 1480. The number of nitrogens with one attached hydrogen (secondary N) is 2. The summed E-state index contributed by atoms with van der Waals surface area (Å²) in [6, 6.07) is 8.72. The molecule has 7 N–H and O–H groups in total. The predicted octanol–water partition coefficient (Wildman–Crippen LogP) is 4.84. The van der Waals surface area contributed by atoms with Crippen molar-refractivity contribution in [3.63, 3.8) is 0 Å². The lowest BCUT2D eigenvalue weighted by Crippen LogP contribution is -2.61. The maximum atomic E-state index is 12.5. The van der Waals surface area contributed by atoms with Gasteiger partial charge in [-0.1, -0.05) is 66.3 Å². The second kappa shape index (κ2) is 19.6. The average molecular weight is 721 g/mol. The van der Waals surface area contributed by atoms with Gasteiger partial charge >= 0.3 is 0 Å². The highest BCUT2D eigenvalue weighted by Crippen LogP contribution is 2.64. The fraction of sp³-hybridized carbons (Fsp3) is 0.605. The van der Waals surface area contributed by atoms with E-state index >= 15 is 0 Å². The molecule has 0 saturated heterocycles. The lowest BCUT2D eigenvalue weighted by atomic mass is 9.51. The van der Waals surface area contributed by atoms with Crippen LogP contribution in [0.15, 0.2) is 83.0 Å². The molecule has 9 nitrogen and oxygen atoms in total. The summed E-state index contributed by atoms with van der Waals surface area (Å²) in [7, 11) is 1.85. The lowest BCUT2D eigenvalue weighted by Gasteiger charge is -2.57. The van der Waals surface area contributed by atoms with Gasteiger partial charge in [-0.2, -0.15) is 0 Å². The van der Waals surface area contributed by atoms with Crippen molar-refractivity contribution in [3.8, 4) is 0 Å². The molecule has 3 aliphatic rings. The number of rotatable bonds is 14. The summed E-state index contributed by atoms with van der Waals surface area (Å²) in [4.78, 5) is 12.1. The summed E-state index contributed by atoms with van der Waals surface area (Å²) in [6.45, 7) is 10.5. The van der Waals surface area contributed by atoms with E-state index in [0.29, 0.717) is 63.5 Å². The van der Waals surface area contributed by atoms with Gasteiger partial charge in [-0.15, -0.1) is 0 Å². The fourth-order valence-corrected chi connectivity index (χ4v) is 9.34. The number of benzene rings is 1. The third kappa shape index (κ3) is 9.68. The van der Waals surface area contributed by atoms with Crippen molar-refractivity contribution in [2.45, 2.75) is 109 Å². The zero-order valence-electron chi connectivity index (χ0n) is 31.8. The second-order valence-corrected chi connectivity index (χ2v) is 15.5. The highest BCUT2D eigenvalue weighted by Gasteiger charge is 2.65. The van der Waals surface area contributed by atoms with Crippen LogP contribution in [-0.2, 0) is 22.4 Å². The first-order chi connectivity index (χ1) is 24.9. The van der Waals surface area contributed by atoms with Gasteiger partial charge in [0, 0.05) is 24.0 Å². The molecule has 1 heterocycles. The molecule has 2 saturated carbocycles. The van der Waals surface area contributed by atoms with E-state index in [-0.39, 0.29) is 37.0 Å². The largest absolute Gasteiger partial charge is 0.396 e. The Hall–Kier alpha value is -2.73. The number of carbonyl (C=O) groups excluding carboxylic acids is 1. The second-order valence-electron chi connectivity index (χ2n) is 15.5. The van der Waals surface area contributed by atoms with E-state index in [4.69, 9.17) is 4.74 Å². The highest BCUT2D eigenvalue weighted by atomic mass is 16.6. The number of aliphatic hydroxyl groups excluding tert-OH is 4. The first-order valence-electron chi connectivity index (χ1n) is 19.2. The molecule has 1 spiro atoms. The minimum absolute atomic E-state index is 0.0168.